The summed E-state index contributed by atoms with van der Waals surface area (Å²) in [4.78, 5) is 10.9. The third-order valence-corrected chi connectivity index (χ3v) is 2.69. The van der Waals surface area contributed by atoms with Crippen molar-refractivity contribution < 1.29 is 4.79 Å². The van der Waals surface area contributed by atoms with Crippen LogP contribution < -0.4 is 11.1 Å². The van der Waals surface area contributed by atoms with E-state index in [9.17, 15) is 4.79 Å². The highest BCUT2D eigenvalue weighted by molar-refractivity contribution is 5.85. The van der Waals surface area contributed by atoms with Crippen LogP contribution in [-0.2, 0) is 4.79 Å². The van der Waals surface area contributed by atoms with E-state index in [0.717, 1.165) is 12.8 Å². The van der Waals surface area contributed by atoms with Crippen molar-refractivity contribution in [2.24, 2.45) is 5.73 Å². The summed E-state index contributed by atoms with van der Waals surface area (Å²) in [6.07, 6.45) is 1.83. The maximum absolute atomic E-state index is 10.9. The maximum atomic E-state index is 10.9. The molecule has 15 heavy (non-hydrogen) atoms. The smallest absolute Gasteiger partial charge is 0.234 e. The van der Waals surface area contributed by atoms with E-state index in [1.807, 2.05) is 18.2 Å². The van der Waals surface area contributed by atoms with Crippen molar-refractivity contribution >= 4 is 18.3 Å². The highest BCUT2D eigenvalue weighted by atomic mass is 35.5. The molecule has 0 saturated carbocycles. The lowest BCUT2D eigenvalue weighted by Crippen LogP contribution is -2.37. The number of hydrogen-bond acceptors (Lipinski definition) is 2. The molecule has 1 amide bonds. The molecule has 0 aromatic heterocycles. The van der Waals surface area contributed by atoms with Crippen LogP contribution in [0.1, 0.15) is 24.4 Å². The van der Waals surface area contributed by atoms with E-state index < -0.39 is 0 Å². The van der Waals surface area contributed by atoms with E-state index in [4.69, 9.17) is 5.73 Å². The number of carbonyl (C=O) groups excluding carboxylic acids is 1. The third-order valence-electron chi connectivity index (χ3n) is 2.69. The van der Waals surface area contributed by atoms with Crippen LogP contribution in [0.4, 0.5) is 0 Å². The van der Waals surface area contributed by atoms with E-state index in [1.165, 1.54) is 5.56 Å². The summed E-state index contributed by atoms with van der Waals surface area (Å²) < 4.78 is 0. The summed E-state index contributed by atoms with van der Waals surface area (Å²) in [6.45, 7) is 0. The lowest BCUT2D eigenvalue weighted by atomic mass is 10.1. The van der Waals surface area contributed by atoms with E-state index >= 15 is 0 Å². The molecular formula is C11H15ClN2O. The molecule has 2 rings (SSSR count). The maximum Gasteiger partial charge on any atom is 0.234 e. The van der Waals surface area contributed by atoms with Gasteiger partial charge in [0.1, 0.15) is 0 Å². The Bertz CT molecular complexity index is 329. The molecular weight excluding hydrogens is 212 g/mol. The van der Waals surface area contributed by atoms with E-state index in [2.05, 4.69) is 17.4 Å². The minimum atomic E-state index is -0.247. The average molecular weight is 227 g/mol. The predicted molar refractivity (Wildman–Crippen MR) is 61.8 cm³/mol. The summed E-state index contributed by atoms with van der Waals surface area (Å²) in [5.41, 5.74) is 6.47. The fourth-order valence-electron chi connectivity index (χ4n) is 1.92. The minimum Gasteiger partial charge on any atom is -0.368 e. The molecule has 1 aliphatic rings. The second kappa shape index (κ2) is 5.14. The molecule has 0 aliphatic carbocycles. The Morgan fingerprint density at radius 3 is 2.47 bits per heavy atom. The minimum absolute atomic E-state index is 0. The van der Waals surface area contributed by atoms with Gasteiger partial charge < -0.3 is 5.73 Å². The van der Waals surface area contributed by atoms with Crippen molar-refractivity contribution in [1.82, 2.24) is 5.32 Å². The number of primary amides is 1. The molecule has 4 heteroatoms. The molecule has 0 radical (unpaired) electrons. The molecule has 2 atom stereocenters. The molecule has 0 unspecified atom stereocenters. The molecule has 1 aliphatic heterocycles. The first-order valence-electron chi connectivity index (χ1n) is 4.87. The van der Waals surface area contributed by atoms with Gasteiger partial charge in [0.05, 0.1) is 6.04 Å². The highest BCUT2D eigenvalue weighted by Gasteiger charge is 2.27. The van der Waals surface area contributed by atoms with Crippen molar-refractivity contribution in [3.8, 4) is 0 Å². The first-order valence-corrected chi connectivity index (χ1v) is 4.87. The fourth-order valence-corrected chi connectivity index (χ4v) is 1.92. The van der Waals surface area contributed by atoms with Gasteiger partial charge in [0.25, 0.3) is 0 Å². The van der Waals surface area contributed by atoms with Crippen LogP contribution in [0.5, 0.6) is 0 Å². The molecule has 1 saturated heterocycles. The van der Waals surface area contributed by atoms with Gasteiger partial charge in [-0.1, -0.05) is 30.3 Å². The Kier molecular flexibility index (Phi) is 4.12. The Morgan fingerprint density at radius 1 is 1.27 bits per heavy atom. The summed E-state index contributed by atoms with van der Waals surface area (Å²) in [7, 11) is 0. The Hall–Kier alpha value is -1.06. The zero-order valence-corrected chi connectivity index (χ0v) is 9.17. The number of hydrogen-bond donors (Lipinski definition) is 2. The standard InChI is InChI=1S/C11H14N2O.ClH/c12-11(14)10-7-6-9(13-10)8-4-2-1-3-5-8;/h1-5,9-10,13H,6-7H2,(H2,12,14);1H/t9-,10-;/m1./s1. The predicted octanol–water partition coefficient (Wildman–Crippen LogP) is 1.39. The zero-order valence-electron chi connectivity index (χ0n) is 8.35. The third kappa shape index (κ3) is 2.70. The first kappa shape index (κ1) is 12.0. The van der Waals surface area contributed by atoms with Crippen LogP contribution in [0, 0.1) is 0 Å². The normalized spacial score (nSPS) is 24.5. The van der Waals surface area contributed by atoms with Gasteiger partial charge in [0.15, 0.2) is 0 Å². The molecule has 1 aromatic rings. The lowest BCUT2D eigenvalue weighted by Gasteiger charge is -2.12. The Morgan fingerprint density at radius 2 is 1.93 bits per heavy atom. The number of rotatable bonds is 2. The Labute approximate surface area is 95.5 Å². The number of amides is 1. The average Bonchev–Trinajstić information content (AvgIpc) is 2.68. The van der Waals surface area contributed by atoms with Crippen LogP contribution in [-0.4, -0.2) is 11.9 Å². The van der Waals surface area contributed by atoms with E-state index in [0.29, 0.717) is 0 Å². The van der Waals surface area contributed by atoms with Crippen molar-refractivity contribution in [2.75, 3.05) is 0 Å². The summed E-state index contributed by atoms with van der Waals surface area (Å²) in [6, 6.07) is 10.3. The van der Waals surface area contributed by atoms with Gasteiger partial charge >= 0.3 is 0 Å². The van der Waals surface area contributed by atoms with Gasteiger partial charge in [-0.15, -0.1) is 12.4 Å². The van der Waals surface area contributed by atoms with Gasteiger partial charge in [-0.05, 0) is 18.4 Å². The highest BCUT2D eigenvalue weighted by Crippen LogP contribution is 2.25. The largest absolute Gasteiger partial charge is 0.368 e. The SMILES string of the molecule is Cl.NC(=O)[C@H]1CC[C@H](c2ccccc2)N1. The van der Waals surface area contributed by atoms with Gasteiger partial charge in [0.2, 0.25) is 5.91 Å². The number of nitrogens with two attached hydrogens (primary N) is 1. The van der Waals surface area contributed by atoms with Crippen LogP contribution >= 0.6 is 12.4 Å². The van der Waals surface area contributed by atoms with Crippen LogP contribution in [0.25, 0.3) is 0 Å². The summed E-state index contributed by atoms with van der Waals surface area (Å²) >= 11 is 0. The lowest BCUT2D eigenvalue weighted by molar-refractivity contribution is -0.119. The van der Waals surface area contributed by atoms with Gasteiger partial charge in [-0.2, -0.15) is 0 Å². The molecule has 82 valence electrons. The van der Waals surface area contributed by atoms with Crippen molar-refractivity contribution in [2.45, 2.75) is 24.9 Å². The molecule has 1 fully saturated rings. The topological polar surface area (TPSA) is 55.1 Å². The van der Waals surface area contributed by atoms with Crippen molar-refractivity contribution in [3.05, 3.63) is 35.9 Å². The monoisotopic (exact) mass is 226 g/mol. The molecule has 3 nitrogen and oxygen atoms in total. The van der Waals surface area contributed by atoms with Gasteiger partial charge in [-0.25, -0.2) is 0 Å². The second-order valence-corrected chi connectivity index (χ2v) is 3.66. The molecule has 0 bridgehead atoms. The summed E-state index contributed by atoms with van der Waals surface area (Å²) in [5, 5.41) is 3.23. The van der Waals surface area contributed by atoms with Crippen molar-refractivity contribution in [3.63, 3.8) is 0 Å². The Balaban J connectivity index is 0.00000112. The molecule has 3 N–H and O–H groups in total. The van der Waals surface area contributed by atoms with Gasteiger partial charge in [0, 0.05) is 6.04 Å². The molecule has 0 spiro atoms. The fraction of sp³-hybridized carbons (Fsp3) is 0.364. The number of halogens is 1. The summed E-state index contributed by atoms with van der Waals surface area (Å²) in [5.74, 6) is -0.247. The quantitative estimate of drug-likeness (QED) is 0.801. The second-order valence-electron chi connectivity index (χ2n) is 3.66. The van der Waals surface area contributed by atoms with Crippen molar-refractivity contribution in [1.29, 1.82) is 0 Å². The zero-order chi connectivity index (χ0) is 9.97. The molecule has 1 heterocycles. The van der Waals surface area contributed by atoms with E-state index in [1.54, 1.807) is 0 Å². The number of carbonyl (C=O) groups is 1. The van der Waals surface area contributed by atoms with Crippen LogP contribution in [0.2, 0.25) is 0 Å². The number of nitrogens with one attached hydrogen (secondary N) is 1. The first-order chi connectivity index (χ1) is 6.77. The molecule has 1 aromatic carbocycles. The van der Waals surface area contributed by atoms with Crippen LogP contribution in [0.15, 0.2) is 30.3 Å². The van der Waals surface area contributed by atoms with Crippen LogP contribution in [0.3, 0.4) is 0 Å². The van der Waals surface area contributed by atoms with Gasteiger partial charge in [-0.3, -0.25) is 10.1 Å². The number of benzene rings is 1. The van der Waals surface area contributed by atoms with E-state index in [-0.39, 0.29) is 30.4 Å².